The summed E-state index contributed by atoms with van der Waals surface area (Å²) in [6.45, 7) is 2.40. The van der Waals surface area contributed by atoms with Crippen LogP contribution in [0.5, 0.6) is 5.75 Å². The SMILES string of the molecule is CCOc1cccc(C(=O)NC(=S)Nc2ccccc2C(=O)N(C)C2CCCCC2)c1. The molecule has 0 heterocycles. The van der Waals surface area contributed by atoms with Crippen LogP contribution in [0.15, 0.2) is 48.5 Å². The van der Waals surface area contributed by atoms with Crippen LogP contribution in [0.2, 0.25) is 0 Å². The number of para-hydroxylation sites is 1. The van der Waals surface area contributed by atoms with Gasteiger partial charge in [-0.05, 0) is 62.3 Å². The lowest BCUT2D eigenvalue weighted by atomic mass is 9.94. The Bertz CT molecular complexity index is 941. The van der Waals surface area contributed by atoms with Crippen LogP contribution in [0.25, 0.3) is 0 Å². The van der Waals surface area contributed by atoms with Crippen molar-refractivity contribution in [2.45, 2.75) is 45.1 Å². The molecule has 2 N–H and O–H groups in total. The first-order valence-electron chi connectivity index (χ1n) is 10.7. The van der Waals surface area contributed by atoms with Crippen molar-refractivity contribution in [2.24, 2.45) is 0 Å². The largest absolute Gasteiger partial charge is 0.494 e. The number of ether oxygens (including phenoxy) is 1. The van der Waals surface area contributed by atoms with Crippen LogP contribution < -0.4 is 15.4 Å². The first-order chi connectivity index (χ1) is 15.0. The highest BCUT2D eigenvalue weighted by Crippen LogP contribution is 2.25. The van der Waals surface area contributed by atoms with Crippen molar-refractivity contribution in [2.75, 3.05) is 19.0 Å². The minimum Gasteiger partial charge on any atom is -0.494 e. The Kier molecular flexibility index (Phi) is 8.00. The average Bonchev–Trinajstić information content (AvgIpc) is 2.79. The third kappa shape index (κ3) is 6.04. The van der Waals surface area contributed by atoms with Crippen LogP contribution in [0.1, 0.15) is 59.7 Å². The van der Waals surface area contributed by atoms with Crippen molar-refractivity contribution in [1.29, 1.82) is 0 Å². The molecule has 0 bridgehead atoms. The molecule has 6 nitrogen and oxygen atoms in total. The quantitative estimate of drug-likeness (QED) is 0.643. The molecule has 2 aromatic carbocycles. The third-order valence-electron chi connectivity index (χ3n) is 5.48. The summed E-state index contributed by atoms with van der Waals surface area (Å²) >= 11 is 5.33. The van der Waals surface area contributed by atoms with Gasteiger partial charge < -0.3 is 15.0 Å². The zero-order valence-corrected chi connectivity index (χ0v) is 18.8. The van der Waals surface area contributed by atoms with Gasteiger partial charge in [-0.15, -0.1) is 0 Å². The Morgan fingerprint density at radius 1 is 1.10 bits per heavy atom. The van der Waals surface area contributed by atoms with E-state index in [1.54, 1.807) is 36.4 Å². The highest BCUT2D eigenvalue weighted by molar-refractivity contribution is 7.80. The lowest BCUT2D eigenvalue weighted by molar-refractivity contribution is 0.0697. The predicted octanol–water partition coefficient (Wildman–Crippen LogP) is 4.62. The topological polar surface area (TPSA) is 70.7 Å². The molecule has 0 spiro atoms. The molecular formula is C24H29N3O3S. The summed E-state index contributed by atoms with van der Waals surface area (Å²) in [5, 5.41) is 5.82. The maximum Gasteiger partial charge on any atom is 0.257 e. The second-order valence-corrected chi connectivity index (χ2v) is 8.03. The molecule has 2 aromatic rings. The maximum atomic E-state index is 13.1. The number of nitrogens with one attached hydrogen (secondary N) is 2. The molecule has 3 rings (SSSR count). The number of anilines is 1. The number of rotatable bonds is 6. The van der Waals surface area contributed by atoms with E-state index >= 15 is 0 Å². The predicted molar refractivity (Wildman–Crippen MR) is 127 cm³/mol. The smallest absolute Gasteiger partial charge is 0.257 e. The van der Waals surface area contributed by atoms with Gasteiger partial charge in [0.05, 0.1) is 17.9 Å². The molecule has 1 aliphatic carbocycles. The van der Waals surface area contributed by atoms with Crippen LogP contribution in [0.4, 0.5) is 5.69 Å². The van der Waals surface area contributed by atoms with Crippen molar-refractivity contribution in [3.05, 3.63) is 59.7 Å². The lowest BCUT2D eigenvalue weighted by Crippen LogP contribution is -2.39. The molecule has 0 aliphatic heterocycles. The number of thiocarbonyl (C=S) groups is 1. The Hall–Kier alpha value is -2.93. The van der Waals surface area contributed by atoms with Crippen LogP contribution >= 0.6 is 12.2 Å². The van der Waals surface area contributed by atoms with Gasteiger partial charge in [0.1, 0.15) is 5.75 Å². The van der Waals surface area contributed by atoms with Gasteiger partial charge >= 0.3 is 0 Å². The summed E-state index contributed by atoms with van der Waals surface area (Å²) in [5.41, 5.74) is 1.55. The van der Waals surface area contributed by atoms with E-state index in [1.165, 1.54) is 6.42 Å². The summed E-state index contributed by atoms with van der Waals surface area (Å²) in [5.74, 6) is 0.228. The number of carbonyl (C=O) groups is 2. The molecule has 1 fully saturated rings. The molecule has 0 aromatic heterocycles. The Labute approximate surface area is 189 Å². The van der Waals surface area contributed by atoms with E-state index in [-0.39, 0.29) is 23.0 Å². The van der Waals surface area contributed by atoms with Gasteiger partial charge in [-0.2, -0.15) is 0 Å². The van der Waals surface area contributed by atoms with E-state index < -0.39 is 0 Å². The van der Waals surface area contributed by atoms with E-state index in [1.807, 2.05) is 31.0 Å². The number of nitrogens with zero attached hydrogens (tertiary/aromatic N) is 1. The average molecular weight is 440 g/mol. The summed E-state index contributed by atoms with van der Waals surface area (Å²) in [6, 6.07) is 14.4. The molecule has 0 radical (unpaired) electrons. The Morgan fingerprint density at radius 3 is 2.58 bits per heavy atom. The fraction of sp³-hybridized carbons (Fsp3) is 0.375. The van der Waals surface area contributed by atoms with E-state index in [0.717, 1.165) is 25.7 Å². The standard InChI is InChI=1S/C24H29N3O3S/c1-3-30-19-13-9-10-17(16-19)22(28)26-24(31)25-21-15-8-7-14-20(21)23(29)27(2)18-11-5-4-6-12-18/h7-10,13-16,18H,3-6,11-12H2,1-2H3,(H2,25,26,28,31). The number of carbonyl (C=O) groups excluding carboxylic acids is 2. The van der Waals surface area contributed by atoms with Crippen LogP contribution in [0.3, 0.4) is 0 Å². The summed E-state index contributed by atoms with van der Waals surface area (Å²) < 4.78 is 5.44. The minimum absolute atomic E-state index is 0.0476. The lowest BCUT2D eigenvalue weighted by Gasteiger charge is -2.31. The van der Waals surface area contributed by atoms with Crippen LogP contribution in [-0.2, 0) is 0 Å². The summed E-state index contributed by atoms with van der Waals surface area (Å²) in [7, 11) is 1.86. The highest BCUT2D eigenvalue weighted by Gasteiger charge is 2.24. The van der Waals surface area contributed by atoms with Gasteiger partial charge in [-0.25, -0.2) is 0 Å². The van der Waals surface area contributed by atoms with Gasteiger partial charge in [-0.3, -0.25) is 14.9 Å². The van der Waals surface area contributed by atoms with E-state index in [2.05, 4.69) is 10.6 Å². The first kappa shape index (κ1) is 22.7. The molecule has 0 unspecified atom stereocenters. The second kappa shape index (κ2) is 10.9. The van der Waals surface area contributed by atoms with Gasteiger partial charge in [0.15, 0.2) is 5.11 Å². The van der Waals surface area contributed by atoms with Crippen molar-refractivity contribution >= 4 is 34.8 Å². The highest BCUT2D eigenvalue weighted by atomic mass is 32.1. The number of hydrogen-bond acceptors (Lipinski definition) is 4. The summed E-state index contributed by atoms with van der Waals surface area (Å²) in [4.78, 5) is 27.5. The molecule has 31 heavy (non-hydrogen) atoms. The molecule has 2 amide bonds. The van der Waals surface area contributed by atoms with Crippen molar-refractivity contribution in [1.82, 2.24) is 10.2 Å². The van der Waals surface area contributed by atoms with E-state index in [9.17, 15) is 9.59 Å². The zero-order valence-electron chi connectivity index (χ0n) is 18.0. The molecule has 0 saturated heterocycles. The fourth-order valence-electron chi connectivity index (χ4n) is 3.83. The summed E-state index contributed by atoms with van der Waals surface area (Å²) in [6.07, 6.45) is 5.62. The van der Waals surface area contributed by atoms with Crippen molar-refractivity contribution in [3.63, 3.8) is 0 Å². The number of amides is 2. The van der Waals surface area contributed by atoms with E-state index in [4.69, 9.17) is 17.0 Å². The number of benzene rings is 2. The normalized spacial score (nSPS) is 13.9. The van der Waals surface area contributed by atoms with Crippen molar-refractivity contribution in [3.8, 4) is 5.75 Å². The molecule has 164 valence electrons. The zero-order chi connectivity index (χ0) is 22.2. The molecule has 1 aliphatic rings. The van der Waals surface area contributed by atoms with Gasteiger partial charge in [0, 0.05) is 18.7 Å². The molecule has 1 saturated carbocycles. The van der Waals surface area contributed by atoms with Gasteiger partial charge in [0.25, 0.3) is 11.8 Å². The Morgan fingerprint density at radius 2 is 1.84 bits per heavy atom. The van der Waals surface area contributed by atoms with Gasteiger partial charge in [-0.1, -0.05) is 37.5 Å². The Balaban J connectivity index is 1.67. The van der Waals surface area contributed by atoms with Crippen LogP contribution in [-0.4, -0.2) is 41.5 Å². The van der Waals surface area contributed by atoms with Crippen LogP contribution in [0, 0.1) is 0 Å². The molecule has 7 heteroatoms. The van der Waals surface area contributed by atoms with Gasteiger partial charge in [0.2, 0.25) is 0 Å². The van der Waals surface area contributed by atoms with E-state index in [0.29, 0.717) is 29.2 Å². The first-order valence-corrected chi connectivity index (χ1v) is 11.1. The monoisotopic (exact) mass is 439 g/mol. The molecule has 0 atom stereocenters. The van der Waals surface area contributed by atoms with Crippen molar-refractivity contribution < 1.29 is 14.3 Å². The third-order valence-corrected chi connectivity index (χ3v) is 5.69. The molecular weight excluding hydrogens is 410 g/mol. The number of hydrogen-bond donors (Lipinski definition) is 2. The minimum atomic E-state index is -0.345. The second-order valence-electron chi connectivity index (χ2n) is 7.62. The maximum absolute atomic E-state index is 13.1. The fourth-order valence-corrected chi connectivity index (χ4v) is 4.03.